The number of methoxy groups -OCH3 is 1. The van der Waals surface area contributed by atoms with Crippen molar-refractivity contribution in [1.29, 1.82) is 0 Å². The SMILES string of the molecule is COc1ccc(O)c(C(=O)NCC[C@@H]2CCO[C@H](C)C2)c1. The fraction of sp³-hybridized carbons (Fsp3) is 0.562. The minimum absolute atomic E-state index is 0.0343. The first-order chi connectivity index (χ1) is 10.1. The van der Waals surface area contributed by atoms with Crippen LogP contribution in [-0.4, -0.2) is 37.4 Å². The van der Waals surface area contributed by atoms with Crippen molar-refractivity contribution >= 4 is 5.91 Å². The van der Waals surface area contributed by atoms with Crippen molar-refractivity contribution < 1.29 is 19.4 Å². The van der Waals surface area contributed by atoms with Gasteiger partial charge in [0.1, 0.15) is 11.5 Å². The normalized spacial score (nSPS) is 21.8. The Kier molecular flexibility index (Phi) is 5.44. The van der Waals surface area contributed by atoms with Crippen LogP contribution in [0.25, 0.3) is 0 Å². The number of amides is 1. The summed E-state index contributed by atoms with van der Waals surface area (Å²) in [6.45, 7) is 3.49. The van der Waals surface area contributed by atoms with E-state index in [0.29, 0.717) is 24.3 Å². The Labute approximate surface area is 125 Å². The molecule has 2 rings (SSSR count). The summed E-state index contributed by atoms with van der Waals surface area (Å²) >= 11 is 0. The van der Waals surface area contributed by atoms with E-state index in [9.17, 15) is 9.90 Å². The van der Waals surface area contributed by atoms with Gasteiger partial charge in [-0.1, -0.05) is 0 Å². The van der Waals surface area contributed by atoms with Crippen molar-refractivity contribution in [3.63, 3.8) is 0 Å². The van der Waals surface area contributed by atoms with Crippen LogP contribution in [0, 0.1) is 5.92 Å². The summed E-state index contributed by atoms with van der Waals surface area (Å²) in [6, 6.07) is 4.63. The lowest BCUT2D eigenvalue weighted by atomic mass is 9.93. The number of hydrogen-bond donors (Lipinski definition) is 2. The average Bonchev–Trinajstić information content (AvgIpc) is 2.47. The number of nitrogens with one attached hydrogen (secondary N) is 1. The minimum Gasteiger partial charge on any atom is -0.507 e. The molecule has 1 aromatic carbocycles. The first-order valence-corrected chi connectivity index (χ1v) is 7.37. The lowest BCUT2D eigenvalue weighted by Gasteiger charge is -2.27. The van der Waals surface area contributed by atoms with Crippen molar-refractivity contribution in [1.82, 2.24) is 5.32 Å². The Bertz CT molecular complexity index is 489. The highest BCUT2D eigenvalue weighted by molar-refractivity contribution is 5.97. The topological polar surface area (TPSA) is 67.8 Å². The first-order valence-electron chi connectivity index (χ1n) is 7.37. The standard InChI is InChI=1S/C16H23NO4/c1-11-9-12(6-8-21-11)5-7-17-16(19)14-10-13(20-2)3-4-15(14)18/h3-4,10-12,18H,5-9H2,1-2H3,(H,17,19)/t11-,12-/m1/s1. The smallest absolute Gasteiger partial charge is 0.255 e. The van der Waals surface area contributed by atoms with Gasteiger partial charge in [-0.3, -0.25) is 4.79 Å². The summed E-state index contributed by atoms with van der Waals surface area (Å²) in [5, 5.41) is 12.6. The summed E-state index contributed by atoms with van der Waals surface area (Å²) in [4.78, 5) is 12.1. The third kappa shape index (κ3) is 4.36. The summed E-state index contributed by atoms with van der Waals surface area (Å²) in [7, 11) is 1.53. The lowest BCUT2D eigenvalue weighted by Crippen LogP contribution is -2.29. The van der Waals surface area contributed by atoms with Crippen molar-refractivity contribution in [2.75, 3.05) is 20.3 Å². The molecule has 1 aliphatic heterocycles. The highest BCUT2D eigenvalue weighted by atomic mass is 16.5. The van der Waals surface area contributed by atoms with E-state index >= 15 is 0 Å². The third-order valence-corrected chi connectivity index (χ3v) is 3.88. The molecule has 1 amide bonds. The van der Waals surface area contributed by atoms with E-state index in [-0.39, 0.29) is 17.2 Å². The molecular weight excluding hydrogens is 270 g/mol. The van der Waals surface area contributed by atoms with E-state index in [1.54, 1.807) is 12.1 Å². The van der Waals surface area contributed by atoms with Crippen LogP contribution < -0.4 is 10.1 Å². The van der Waals surface area contributed by atoms with Crippen LogP contribution >= 0.6 is 0 Å². The molecule has 1 aromatic rings. The Morgan fingerprint density at radius 1 is 1.52 bits per heavy atom. The number of aromatic hydroxyl groups is 1. The number of hydrogen-bond acceptors (Lipinski definition) is 4. The molecule has 0 radical (unpaired) electrons. The maximum Gasteiger partial charge on any atom is 0.255 e. The molecule has 0 aliphatic carbocycles. The van der Waals surface area contributed by atoms with Gasteiger partial charge in [0, 0.05) is 13.2 Å². The number of benzene rings is 1. The Balaban J connectivity index is 1.84. The molecule has 5 heteroatoms. The van der Waals surface area contributed by atoms with Gasteiger partial charge in [0.25, 0.3) is 5.91 Å². The van der Waals surface area contributed by atoms with Crippen molar-refractivity contribution in [3.05, 3.63) is 23.8 Å². The number of phenols is 1. The van der Waals surface area contributed by atoms with Gasteiger partial charge in [0.15, 0.2) is 0 Å². The molecule has 5 nitrogen and oxygen atoms in total. The number of ether oxygens (including phenoxy) is 2. The molecule has 2 N–H and O–H groups in total. The Morgan fingerprint density at radius 3 is 3.05 bits per heavy atom. The largest absolute Gasteiger partial charge is 0.507 e. The molecule has 0 aromatic heterocycles. The number of carbonyl (C=O) groups excluding carboxylic acids is 1. The van der Waals surface area contributed by atoms with Crippen molar-refractivity contribution in [2.24, 2.45) is 5.92 Å². The minimum atomic E-state index is -0.272. The average molecular weight is 293 g/mol. The molecule has 21 heavy (non-hydrogen) atoms. The maximum absolute atomic E-state index is 12.1. The molecule has 1 heterocycles. The Morgan fingerprint density at radius 2 is 2.33 bits per heavy atom. The highest BCUT2D eigenvalue weighted by Crippen LogP contribution is 2.24. The zero-order valence-electron chi connectivity index (χ0n) is 12.6. The first kappa shape index (κ1) is 15.6. The summed E-state index contributed by atoms with van der Waals surface area (Å²) in [6.07, 6.45) is 3.33. The van der Waals surface area contributed by atoms with Crippen LogP contribution in [0.4, 0.5) is 0 Å². The molecule has 0 unspecified atom stereocenters. The van der Waals surface area contributed by atoms with Gasteiger partial charge in [-0.05, 0) is 50.3 Å². The van der Waals surface area contributed by atoms with Crippen LogP contribution in [0.2, 0.25) is 0 Å². The number of phenolic OH excluding ortho intramolecular Hbond substituents is 1. The van der Waals surface area contributed by atoms with Gasteiger partial charge >= 0.3 is 0 Å². The molecule has 2 atom stereocenters. The quantitative estimate of drug-likeness (QED) is 0.874. The van der Waals surface area contributed by atoms with Crippen LogP contribution in [0.3, 0.4) is 0 Å². The van der Waals surface area contributed by atoms with Gasteiger partial charge in [-0.15, -0.1) is 0 Å². The molecule has 1 saturated heterocycles. The second kappa shape index (κ2) is 7.31. The van der Waals surface area contributed by atoms with E-state index in [4.69, 9.17) is 9.47 Å². The predicted octanol–water partition coefficient (Wildman–Crippen LogP) is 2.34. The van der Waals surface area contributed by atoms with E-state index < -0.39 is 0 Å². The monoisotopic (exact) mass is 293 g/mol. The predicted molar refractivity (Wildman–Crippen MR) is 79.7 cm³/mol. The van der Waals surface area contributed by atoms with Gasteiger partial charge < -0.3 is 19.9 Å². The molecule has 1 aliphatic rings. The number of carbonyl (C=O) groups is 1. The van der Waals surface area contributed by atoms with Crippen molar-refractivity contribution in [3.8, 4) is 11.5 Å². The molecular formula is C16H23NO4. The zero-order valence-corrected chi connectivity index (χ0v) is 12.6. The fourth-order valence-electron chi connectivity index (χ4n) is 2.66. The zero-order chi connectivity index (χ0) is 15.2. The van der Waals surface area contributed by atoms with Crippen LogP contribution in [-0.2, 0) is 4.74 Å². The van der Waals surface area contributed by atoms with Gasteiger partial charge in [-0.25, -0.2) is 0 Å². The Hall–Kier alpha value is -1.75. The van der Waals surface area contributed by atoms with Crippen molar-refractivity contribution in [2.45, 2.75) is 32.3 Å². The van der Waals surface area contributed by atoms with Crippen LogP contribution in [0.15, 0.2) is 18.2 Å². The van der Waals surface area contributed by atoms with Gasteiger partial charge in [0.2, 0.25) is 0 Å². The molecule has 116 valence electrons. The molecule has 0 saturated carbocycles. The maximum atomic E-state index is 12.1. The molecule has 1 fully saturated rings. The van der Waals surface area contributed by atoms with E-state index in [1.807, 2.05) is 0 Å². The van der Waals surface area contributed by atoms with Crippen LogP contribution in [0.1, 0.15) is 36.5 Å². The lowest BCUT2D eigenvalue weighted by molar-refractivity contribution is 0.00109. The van der Waals surface area contributed by atoms with E-state index in [0.717, 1.165) is 25.9 Å². The summed E-state index contributed by atoms with van der Waals surface area (Å²) in [5.74, 6) is 0.837. The molecule has 0 spiro atoms. The highest BCUT2D eigenvalue weighted by Gasteiger charge is 2.19. The van der Waals surface area contributed by atoms with E-state index in [1.165, 1.54) is 13.2 Å². The van der Waals surface area contributed by atoms with Gasteiger partial charge in [-0.2, -0.15) is 0 Å². The van der Waals surface area contributed by atoms with Crippen LogP contribution in [0.5, 0.6) is 11.5 Å². The molecule has 0 bridgehead atoms. The third-order valence-electron chi connectivity index (χ3n) is 3.88. The number of rotatable bonds is 5. The second-order valence-corrected chi connectivity index (χ2v) is 5.50. The second-order valence-electron chi connectivity index (χ2n) is 5.50. The summed E-state index contributed by atoms with van der Waals surface area (Å²) < 4.78 is 10.6. The fourth-order valence-corrected chi connectivity index (χ4v) is 2.66. The summed E-state index contributed by atoms with van der Waals surface area (Å²) in [5.41, 5.74) is 0.245. The van der Waals surface area contributed by atoms with Gasteiger partial charge in [0.05, 0.1) is 18.8 Å². The van der Waals surface area contributed by atoms with E-state index in [2.05, 4.69) is 12.2 Å².